The van der Waals surface area contributed by atoms with Crippen LogP contribution in [0.15, 0.2) is 48.7 Å². The van der Waals surface area contributed by atoms with Gasteiger partial charge in [-0.15, -0.1) is 0 Å². The summed E-state index contributed by atoms with van der Waals surface area (Å²) < 4.78 is 25.9. The zero-order valence-corrected chi connectivity index (χ0v) is 26.9. The van der Waals surface area contributed by atoms with E-state index in [1.54, 1.807) is 37.3 Å². The van der Waals surface area contributed by atoms with E-state index in [1.165, 1.54) is 7.11 Å². The van der Waals surface area contributed by atoms with Crippen LogP contribution in [0.2, 0.25) is 5.02 Å². The van der Waals surface area contributed by atoms with E-state index in [4.69, 9.17) is 21.1 Å². The number of nitrogens with one attached hydrogen (secondary N) is 1. The third kappa shape index (κ3) is 7.54. The highest BCUT2D eigenvalue weighted by molar-refractivity contribution is 6.31. The van der Waals surface area contributed by atoms with E-state index in [0.717, 1.165) is 11.1 Å². The fourth-order valence-electron chi connectivity index (χ4n) is 5.59. The second kappa shape index (κ2) is 14.9. The molecule has 1 aliphatic heterocycles. The minimum atomic E-state index is -0.767. The Labute approximate surface area is 263 Å². The van der Waals surface area contributed by atoms with Gasteiger partial charge in [-0.05, 0) is 49.6 Å². The molecule has 2 amide bonds. The maximum Gasteiger partial charge on any atom is 0.244 e. The largest absolute Gasteiger partial charge is 0.480 e. The molecule has 44 heavy (non-hydrogen) atoms. The van der Waals surface area contributed by atoms with E-state index in [1.807, 2.05) is 51.1 Å². The molecule has 0 bridgehead atoms. The maximum absolute atomic E-state index is 15.3. The number of amides is 2. The summed E-state index contributed by atoms with van der Waals surface area (Å²) in [6.07, 6.45) is 2.09. The Morgan fingerprint density at radius 1 is 1.11 bits per heavy atom. The first-order valence-corrected chi connectivity index (χ1v) is 15.2. The first kappa shape index (κ1) is 33.3. The highest BCUT2D eigenvalue weighted by atomic mass is 35.5. The van der Waals surface area contributed by atoms with Gasteiger partial charge in [0.05, 0.1) is 24.5 Å². The molecule has 0 spiro atoms. The van der Waals surface area contributed by atoms with Gasteiger partial charge in [-0.1, -0.05) is 49.7 Å². The summed E-state index contributed by atoms with van der Waals surface area (Å²) in [4.78, 5) is 39.8. The molecule has 11 heteroatoms. The van der Waals surface area contributed by atoms with Gasteiger partial charge >= 0.3 is 0 Å². The number of aromatic nitrogens is 2. The molecule has 1 aromatic carbocycles. The summed E-state index contributed by atoms with van der Waals surface area (Å²) in [5.74, 6) is -0.666. The average Bonchev–Trinajstić information content (AvgIpc) is 3.01. The van der Waals surface area contributed by atoms with E-state index < -0.39 is 12.1 Å². The molecule has 0 radical (unpaired) electrons. The van der Waals surface area contributed by atoms with Gasteiger partial charge in [-0.2, -0.15) is 0 Å². The van der Waals surface area contributed by atoms with Crippen LogP contribution >= 0.6 is 11.6 Å². The van der Waals surface area contributed by atoms with Crippen LogP contribution in [0, 0.1) is 18.7 Å². The molecule has 3 atom stereocenters. The zero-order valence-electron chi connectivity index (χ0n) is 26.1. The highest BCUT2D eigenvalue weighted by Crippen LogP contribution is 2.31. The van der Waals surface area contributed by atoms with Crippen LogP contribution in [0.1, 0.15) is 50.1 Å². The predicted octanol–water partition coefficient (Wildman–Crippen LogP) is 5.20. The molecule has 3 heterocycles. The van der Waals surface area contributed by atoms with Crippen molar-refractivity contribution >= 4 is 23.4 Å². The van der Waals surface area contributed by atoms with Gasteiger partial charge in [-0.25, -0.2) is 9.37 Å². The molecule has 0 unspecified atom stereocenters. The van der Waals surface area contributed by atoms with E-state index in [2.05, 4.69) is 20.2 Å². The van der Waals surface area contributed by atoms with Crippen molar-refractivity contribution in [3.05, 3.63) is 76.3 Å². The topological polar surface area (TPSA) is 96.9 Å². The summed E-state index contributed by atoms with van der Waals surface area (Å²) in [6.45, 7) is 8.67. The van der Waals surface area contributed by atoms with Crippen LogP contribution in [0.5, 0.6) is 5.88 Å². The van der Waals surface area contributed by atoms with Crippen molar-refractivity contribution in [2.45, 2.75) is 58.8 Å². The second-order valence-corrected chi connectivity index (χ2v) is 11.9. The van der Waals surface area contributed by atoms with Gasteiger partial charge < -0.3 is 19.7 Å². The highest BCUT2D eigenvalue weighted by Gasteiger charge is 2.42. The number of carbonyl (C=O) groups is 2. The van der Waals surface area contributed by atoms with Gasteiger partial charge in [0.15, 0.2) is 0 Å². The van der Waals surface area contributed by atoms with Gasteiger partial charge in [-0.3, -0.25) is 19.5 Å². The van der Waals surface area contributed by atoms with E-state index in [9.17, 15) is 9.59 Å². The number of benzene rings is 1. The third-order valence-corrected chi connectivity index (χ3v) is 8.24. The standard InChI is InChI=1S/C33H41ClFN5O4/c1-20(2)33(42)40-22(4)18-39(27(14-16-43-5)30-29(35)21(3)13-15-36-30)19-28(40)31(41)37-17-23-7-9-24(10-8-23)26-12-11-25(34)32(38-26)44-6/h7-13,15,20,22,27-28H,14,16-19H2,1-6H3,(H,37,41)/t22-,27-,28-/m1/s1. The van der Waals surface area contributed by atoms with E-state index >= 15 is 4.39 Å². The molecule has 0 saturated carbocycles. The smallest absolute Gasteiger partial charge is 0.244 e. The number of ether oxygens (including phenoxy) is 2. The van der Waals surface area contributed by atoms with Crippen LogP contribution < -0.4 is 10.1 Å². The Balaban J connectivity index is 1.55. The molecular formula is C33H41ClFN5O4. The van der Waals surface area contributed by atoms with Crippen molar-refractivity contribution in [1.29, 1.82) is 0 Å². The Bertz CT molecular complexity index is 1450. The number of carbonyl (C=O) groups excluding carboxylic acids is 2. The number of piperazine rings is 1. The SMILES string of the molecule is COCC[C@H](c1nccc(C)c1F)N1C[C@@H](C)N(C(=O)C(C)C)[C@@H](C(=O)NCc2ccc(-c3ccc(Cl)c(OC)n3)cc2)C1. The minimum absolute atomic E-state index is 0.0964. The number of nitrogens with zero attached hydrogens (tertiary/aromatic N) is 4. The van der Waals surface area contributed by atoms with Crippen LogP contribution in [0.4, 0.5) is 4.39 Å². The van der Waals surface area contributed by atoms with E-state index in [0.29, 0.717) is 47.4 Å². The number of aryl methyl sites for hydroxylation is 1. The lowest BCUT2D eigenvalue weighted by Crippen LogP contribution is -2.65. The van der Waals surface area contributed by atoms with Crippen LogP contribution in [0.25, 0.3) is 11.3 Å². The Morgan fingerprint density at radius 3 is 2.50 bits per heavy atom. The third-order valence-electron chi connectivity index (χ3n) is 7.95. The molecule has 236 valence electrons. The van der Waals surface area contributed by atoms with Crippen molar-refractivity contribution in [3.8, 4) is 17.1 Å². The number of rotatable bonds is 11. The summed E-state index contributed by atoms with van der Waals surface area (Å²) >= 11 is 6.11. The quantitative estimate of drug-likeness (QED) is 0.313. The summed E-state index contributed by atoms with van der Waals surface area (Å²) in [6, 6.07) is 11.4. The normalized spacial score (nSPS) is 17.9. The predicted molar refractivity (Wildman–Crippen MR) is 168 cm³/mol. The van der Waals surface area contributed by atoms with Gasteiger partial charge in [0.2, 0.25) is 17.7 Å². The lowest BCUT2D eigenvalue weighted by molar-refractivity contribution is -0.151. The molecular weight excluding hydrogens is 585 g/mol. The lowest BCUT2D eigenvalue weighted by atomic mass is 9.97. The second-order valence-electron chi connectivity index (χ2n) is 11.4. The molecule has 0 aliphatic carbocycles. The van der Waals surface area contributed by atoms with Gasteiger partial charge in [0.1, 0.15) is 16.9 Å². The number of pyridine rings is 2. The Kier molecular flexibility index (Phi) is 11.3. The van der Waals surface area contributed by atoms with Crippen molar-refractivity contribution in [1.82, 2.24) is 25.1 Å². The van der Waals surface area contributed by atoms with Gasteiger partial charge in [0, 0.05) is 57.1 Å². The monoisotopic (exact) mass is 625 g/mol. The van der Waals surface area contributed by atoms with Crippen LogP contribution in [0.3, 0.4) is 0 Å². The number of hydrogen-bond acceptors (Lipinski definition) is 7. The lowest BCUT2D eigenvalue weighted by Gasteiger charge is -2.47. The first-order chi connectivity index (χ1) is 21.0. The fourth-order valence-corrected chi connectivity index (χ4v) is 5.78. The minimum Gasteiger partial charge on any atom is -0.480 e. The van der Waals surface area contributed by atoms with Crippen molar-refractivity contribution < 1.29 is 23.5 Å². The molecule has 1 saturated heterocycles. The summed E-state index contributed by atoms with van der Waals surface area (Å²) in [7, 11) is 3.12. The molecule has 1 fully saturated rings. The van der Waals surface area contributed by atoms with Crippen LogP contribution in [-0.4, -0.2) is 77.6 Å². The maximum atomic E-state index is 15.3. The van der Waals surface area contributed by atoms with Crippen molar-refractivity contribution in [3.63, 3.8) is 0 Å². The van der Waals surface area contributed by atoms with Crippen molar-refractivity contribution in [2.24, 2.45) is 5.92 Å². The molecule has 4 rings (SSSR count). The average molecular weight is 626 g/mol. The first-order valence-electron chi connectivity index (χ1n) is 14.8. The Morgan fingerprint density at radius 2 is 1.84 bits per heavy atom. The molecule has 3 aromatic rings. The molecule has 9 nitrogen and oxygen atoms in total. The number of hydrogen-bond donors (Lipinski definition) is 1. The molecule has 1 aliphatic rings. The van der Waals surface area contributed by atoms with E-state index in [-0.39, 0.29) is 42.7 Å². The van der Waals surface area contributed by atoms with Gasteiger partial charge in [0.25, 0.3) is 0 Å². The number of halogens is 2. The summed E-state index contributed by atoms with van der Waals surface area (Å²) in [5.41, 5.74) is 3.30. The molecule has 1 N–H and O–H groups in total. The van der Waals surface area contributed by atoms with Crippen LogP contribution in [-0.2, 0) is 20.9 Å². The molecule has 2 aromatic heterocycles. The van der Waals surface area contributed by atoms with Crippen molar-refractivity contribution in [2.75, 3.05) is 33.9 Å². The number of methoxy groups -OCH3 is 2. The fraction of sp³-hybridized carbons (Fsp3) is 0.455. The summed E-state index contributed by atoms with van der Waals surface area (Å²) in [5, 5.41) is 3.47. The zero-order chi connectivity index (χ0) is 32.0. The Hall–Kier alpha value is -3.60.